The van der Waals surface area contributed by atoms with Crippen LogP contribution in [0.2, 0.25) is 0 Å². The van der Waals surface area contributed by atoms with Crippen LogP contribution in [-0.4, -0.2) is 66.4 Å². The summed E-state index contributed by atoms with van der Waals surface area (Å²) in [6.45, 7) is 5.98. The summed E-state index contributed by atoms with van der Waals surface area (Å²) < 4.78 is 0. The van der Waals surface area contributed by atoms with Crippen molar-refractivity contribution in [3.8, 4) is 0 Å². The first-order chi connectivity index (χ1) is 17.3. The highest BCUT2D eigenvalue weighted by Crippen LogP contribution is 2.51. The second-order valence-electron chi connectivity index (χ2n) is 11.6. The van der Waals surface area contributed by atoms with Crippen molar-refractivity contribution in [2.75, 3.05) is 33.2 Å². The van der Waals surface area contributed by atoms with Crippen LogP contribution < -0.4 is 10.6 Å². The molecule has 0 radical (unpaired) electrons. The molecule has 4 rings (SSSR count). The molecule has 1 atom stereocenters. The fourth-order valence-corrected chi connectivity index (χ4v) is 6.54. The van der Waals surface area contributed by atoms with Gasteiger partial charge in [0.25, 0.3) is 0 Å². The Morgan fingerprint density at radius 1 is 1.08 bits per heavy atom. The molecule has 1 saturated heterocycles. The van der Waals surface area contributed by atoms with Gasteiger partial charge in [-0.15, -0.1) is 0 Å². The van der Waals surface area contributed by atoms with Gasteiger partial charge >= 0.3 is 6.03 Å². The number of amides is 4. The van der Waals surface area contributed by atoms with Gasteiger partial charge in [-0.05, 0) is 67.8 Å². The molecule has 3 aliphatic rings. The van der Waals surface area contributed by atoms with Gasteiger partial charge in [0.05, 0.1) is 12.1 Å². The quantitative estimate of drug-likeness (QED) is 0.512. The number of hydrogen-bond acceptors (Lipinski definition) is 3. The summed E-state index contributed by atoms with van der Waals surface area (Å²) in [5.74, 6) is 0.702. The lowest BCUT2D eigenvalue weighted by atomic mass is 9.60. The third-order valence-electron chi connectivity index (χ3n) is 9.24. The molecule has 198 valence electrons. The normalized spacial score (nSPS) is 27.1. The zero-order valence-corrected chi connectivity index (χ0v) is 22.4. The highest BCUT2D eigenvalue weighted by molar-refractivity contribution is 5.88. The van der Waals surface area contributed by atoms with Crippen molar-refractivity contribution in [3.63, 3.8) is 0 Å². The maximum absolute atomic E-state index is 13.6. The van der Waals surface area contributed by atoms with Crippen LogP contribution in [0.4, 0.5) is 4.79 Å². The molecule has 2 aliphatic carbocycles. The average Bonchev–Trinajstić information content (AvgIpc) is 3.11. The first-order valence-electron chi connectivity index (χ1n) is 13.9. The van der Waals surface area contributed by atoms with E-state index >= 15 is 0 Å². The number of likely N-dealkylation sites (N-methyl/N-ethyl adjacent to an activating group) is 1. The number of carbonyl (C=O) groups is 3. The van der Waals surface area contributed by atoms with Crippen LogP contribution >= 0.6 is 0 Å². The van der Waals surface area contributed by atoms with Crippen molar-refractivity contribution in [3.05, 3.63) is 35.9 Å². The number of benzene rings is 1. The Hall–Kier alpha value is -2.57. The van der Waals surface area contributed by atoms with E-state index in [1.165, 1.54) is 37.7 Å². The molecule has 1 aliphatic heterocycles. The molecule has 1 aromatic carbocycles. The fourth-order valence-electron chi connectivity index (χ4n) is 6.54. The van der Waals surface area contributed by atoms with Gasteiger partial charge in [0.15, 0.2) is 0 Å². The van der Waals surface area contributed by atoms with Crippen molar-refractivity contribution < 1.29 is 14.4 Å². The lowest BCUT2D eigenvalue weighted by Crippen LogP contribution is -2.54. The minimum Gasteiger partial charge on any atom is -0.358 e. The van der Waals surface area contributed by atoms with E-state index in [0.717, 1.165) is 32.2 Å². The lowest BCUT2D eigenvalue weighted by molar-refractivity contribution is -0.126. The van der Waals surface area contributed by atoms with Gasteiger partial charge in [0.1, 0.15) is 6.54 Å². The Morgan fingerprint density at radius 3 is 2.36 bits per heavy atom. The number of hydrogen-bond donors (Lipinski definition) is 2. The van der Waals surface area contributed by atoms with Crippen LogP contribution in [0.3, 0.4) is 0 Å². The monoisotopic (exact) mass is 496 g/mol. The van der Waals surface area contributed by atoms with Crippen LogP contribution in [0.5, 0.6) is 0 Å². The molecule has 0 bridgehead atoms. The predicted molar refractivity (Wildman–Crippen MR) is 141 cm³/mol. The summed E-state index contributed by atoms with van der Waals surface area (Å²) in [6, 6.07) is 11.0. The van der Waals surface area contributed by atoms with E-state index in [2.05, 4.69) is 59.7 Å². The highest BCUT2D eigenvalue weighted by Gasteiger charge is 2.54. The summed E-state index contributed by atoms with van der Waals surface area (Å²) in [7, 11) is 1.54. The Morgan fingerprint density at radius 2 is 1.78 bits per heavy atom. The zero-order chi connectivity index (χ0) is 25.8. The van der Waals surface area contributed by atoms with Gasteiger partial charge in [-0.25, -0.2) is 4.79 Å². The lowest BCUT2D eigenvalue weighted by Gasteiger charge is -2.50. The van der Waals surface area contributed by atoms with Crippen LogP contribution in [0, 0.1) is 11.8 Å². The molecule has 1 spiro atoms. The van der Waals surface area contributed by atoms with E-state index in [-0.39, 0.29) is 41.9 Å². The number of urea groups is 1. The Balaban J connectivity index is 1.52. The number of carbonyl (C=O) groups excluding carboxylic acids is 3. The molecular weight excluding hydrogens is 452 g/mol. The van der Waals surface area contributed by atoms with Gasteiger partial charge < -0.3 is 20.4 Å². The van der Waals surface area contributed by atoms with Gasteiger partial charge in [0, 0.05) is 20.1 Å². The molecule has 7 heteroatoms. The minimum atomic E-state index is -0.279. The Labute approximate surface area is 216 Å². The molecule has 1 unspecified atom stereocenters. The van der Waals surface area contributed by atoms with E-state index < -0.39 is 0 Å². The van der Waals surface area contributed by atoms with E-state index in [1.54, 1.807) is 11.9 Å². The first kappa shape index (κ1) is 26.5. The van der Waals surface area contributed by atoms with E-state index in [0.29, 0.717) is 18.4 Å². The standard InChI is InChI=1S/C29H44N4O3/c1-4-22(2)17-28(24-11-6-5-7-12-24)13-15-29(16-14-28)21-32(20-26(35)31-18-25(34)30-3)27(36)33(29)19-23-9-8-10-23/h5-7,11-12,22-23H,4,8-10,13-21H2,1-3H3,(H,30,34)(H,31,35). The van der Waals surface area contributed by atoms with Crippen molar-refractivity contribution >= 4 is 17.8 Å². The maximum Gasteiger partial charge on any atom is 0.321 e. The molecule has 2 saturated carbocycles. The fraction of sp³-hybridized carbons (Fsp3) is 0.690. The molecule has 0 aromatic heterocycles. The summed E-state index contributed by atoms with van der Waals surface area (Å²) in [5.41, 5.74) is 1.37. The maximum atomic E-state index is 13.6. The SMILES string of the molecule is CCC(C)CC1(c2ccccc2)CCC2(CC1)CN(CC(=O)NCC(=O)NC)C(=O)N2CC1CCC1. The summed E-state index contributed by atoms with van der Waals surface area (Å²) >= 11 is 0. The second-order valence-corrected chi connectivity index (χ2v) is 11.6. The molecular formula is C29H44N4O3. The van der Waals surface area contributed by atoms with Gasteiger partial charge in [0.2, 0.25) is 11.8 Å². The number of nitrogens with zero attached hydrogens (tertiary/aromatic N) is 2. The largest absolute Gasteiger partial charge is 0.358 e. The first-order valence-corrected chi connectivity index (χ1v) is 13.9. The Kier molecular flexibility index (Phi) is 8.26. The third-order valence-corrected chi connectivity index (χ3v) is 9.24. The van der Waals surface area contributed by atoms with Crippen LogP contribution in [-0.2, 0) is 15.0 Å². The van der Waals surface area contributed by atoms with Gasteiger partial charge in [-0.1, -0.05) is 57.0 Å². The number of nitrogens with one attached hydrogen (secondary N) is 2. The molecule has 1 aromatic rings. The second kappa shape index (κ2) is 11.2. The van der Waals surface area contributed by atoms with Crippen molar-refractivity contribution in [1.82, 2.24) is 20.4 Å². The van der Waals surface area contributed by atoms with Crippen molar-refractivity contribution in [2.24, 2.45) is 11.8 Å². The zero-order valence-electron chi connectivity index (χ0n) is 22.4. The van der Waals surface area contributed by atoms with Crippen LogP contribution in [0.25, 0.3) is 0 Å². The van der Waals surface area contributed by atoms with Gasteiger partial charge in [-0.3, -0.25) is 9.59 Å². The molecule has 3 fully saturated rings. The van der Waals surface area contributed by atoms with E-state index in [4.69, 9.17) is 0 Å². The summed E-state index contributed by atoms with van der Waals surface area (Å²) in [5, 5.41) is 5.16. The van der Waals surface area contributed by atoms with E-state index in [1.807, 2.05) is 0 Å². The number of rotatable bonds is 10. The Bertz CT molecular complexity index is 922. The highest BCUT2D eigenvalue weighted by atomic mass is 16.2. The third kappa shape index (κ3) is 5.55. The summed E-state index contributed by atoms with van der Waals surface area (Å²) in [6.07, 6.45) is 10.0. The molecule has 1 heterocycles. The topological polar surface area (TPSA) is 81.8 Å². The molecule has 7 nitrogen and oxygen atoms in total. The minimum absolute atomic E-state index is 0.00821. The smallest absolute Gasteiger partial charge is 0.321 e. The van der Waals surface area contributed by atoms with Crippen molar-refractivity contribution in [2.45, 2.75) is 82.6 Å². The summed E-state index contributed by atoms with van der Waals surface area (Å²) in [4.78, 5) is 41.6. The molecule has 4 amide bonds. The predicted octanol–water partition coefficient (Wildman–Crippen LogP) is 4.07. The molecule has 2 N–H and O–H groups in total. The molecule has 36 heavy (non-hydrogen) atoms. The van der Waals surface area contributed by atoms with Crippen LogP contribution in [0.15, 0.2) is 30.3 Å². The van der Waals surface area contributed by atoms with Gasteiger partial charge in [-0.2, -0.15) is 0 Å². The van der Waals surface area contributed by atoms with Crippen LogP contribution in [0.1, 0.15) is 77.2 Å². The van der Waals surface area contributed by atoms with Crippen molar-refractivity contribution in [1.29, 1.82) is 0 Å². The average molecular weight is 497 g/mol. The van der Waals surface area contributed by atoms with E-state index in [9.17, 15) is 14.4 Å².